The molecule has 0 amide bonds. The van der Waals surface area contributed by atoms with Crippen LogP contribution >= 0.6 is 23.1 Å². The number of fused-ring (bicyclic) bond motifs is 1. The van der Waals surface area contributed by atoms with E-state index in [9.17, 15) is 4.79 Å². The second-order valence-corrected chi connectivity index (χ2v) is 7.98. The van der Waals surface area contributed by atoms with Crippen molar-refractivity contribution >= 4 is 28.7 Å². The summed E-state index contributed by atoms with van der Waals surface area (Å²) in [6.45, 7) is 2.47. The average Bonchev–Trinajstić information content (AvgIpc) is 3.34. The van der Waals surface area contributed by atoms with E-state index in [0.29, 0.717) is 40.5 Å². The predicted octanol–water partition coefficient (Wildman–Crippen LogP) is 3.63. The largest absolute Gasteiger partial charge is 0.493 e. The Hall–Kier alpha value is -2.78. The van der Waals surface area contributed by atoms with Gasteiger partial charge in [0.15, 0.2) is 28.1 Å². The zero-order valence-corrected chi connectivity index (χ0v) is 17.0. The van der Waals surface area contributed by atoms with Gasteiger partial charge in [-0.3, -0.25) is 9.89 Å². The van der Waals surface area contributed by atoms with E-state index in [1.807, 2.05) is 42.6 Å². The van der Waals surface area contributed by atoms with Gasteiger partial charge < -0.3 is 9.47 Å². The summed E-state index contributed by atoms with van der Waals surface area (Å²) >= 11 is 3.05. The van der Waals surface area contributed by atoms with Gasteiger partial charge in [0.05, 0.1) is 18.6 Å². The van der Waals surface area contributed by atoms with Crippen LogP contribution in [-0.2, 0) is 0 Å². The van der Waals surface area contributed by atoms with Gasteiger partial charge in [-0.15, -0.1) is 11.3 Å². The summed E-state index contributed by atoms with van der Waals surface area (Å²) in [5.41, 5.74) is 1.45. The summed E-state index contributed by atoms with van der Waals surface area (Å²) in [4.78, 5) is 21.8. The highest BCUT2D eigenvalue weighted by Gasteiger charge is 2.12. The fourth-order valence-electron chi connectivity index (χ4n) is 2.68. The highest BCUT2D eigenvalue weighted by Crippen LogP contribution is 2.28. The van der Waals surface area contributed by atoms with Gasteiger partial charge in [0.1, 0.15) is 0 Å². The van der Waals surface area contributed by atoms with E-state index >= 15 is 0 Å². The summed E-state index contributed by atoms with van der Waals surface area (Å²) in [5.74, 6) is 2.67. The topological polar surface area (TPSA) is 81.5 Å². The molecule has 4 aromatic rings. The first-order valence-corrected chi connectivity index (χ1v) is 10.4. The minimum Gasteiger partial charge on any atom is -0.493 e. The predicted molar refractivity (Wildman–Crippen MR) is 111 cm³/mol. The molecule has 0 bridgehead atoms. The summed E-state index contributed by atoms with van der Waals surface area (Å²) in [5, 5.41) is 5.38. The quantitative estimate of drug-likeness (QED) is 0.367. The highest BCUT2D eigenvalue weighted by molar-refractivity contribution is 7.99. The van der Waals surface area contributed by atoms with Crippen molar-refractivity contribution in [1.82, 2.24) is 19.6 Å². The molecule has 4 rings (SSSR count). The number of methoxy groups -OCH3 is 1. The van der Waals surface area contributed by atoms with Crippen LogP contribution in [0.25, 0.3) is 16.3 Å². The number of thiophene rings is 1. The third-order valence-corrected chi connectivity index (χ3v) is 5.73. The first kappa shape index (κ1) is 18.6. The number of aromatic amines is 1. The Morgan fingerprint density at radius 3 is 2.89 bits per heavy atom. The monoisotopic (exact) mass is 414 g/mol. The molecule has 0 aliphatic heterocycles. The van der Waals surface area contributed by atoms with Gasteiger partial charge in [-0.2, -0.15) is 0 Å². The van der Waals surface area contributed by atoms with E-state index in [4.69, 9.17) is 9.47 Å². The number of nitrogens with zero attached hydrogens (tertiary/aromatic N) is 3. The maximum absolute atomic E-state index is 11.8. The van der Waals surface area contributed by atoms with Gasteiger partial charge in [-0.1, -0.05) is 23.9 Å². The van der Waals surface area contributed by atoms with Crippen LogP contribution in [0.2, 0.25) is 0 Å². The minimum absolute atomic E-state index is 0.208. The minimum atomic E-state index is -0.208. The van der Waals surface area contributed by atoms with E-state index in [-0.39, 0.29) is 5.56 Å². The summed E-state index contributed by atoms with van der Waals surface area (Å²) < 4.78 is 12.8. The van der Waals surface area contributed by atoms with Crippen molar-refractivity contribution < 1.29 is 9.47 Å². The van der Waals surface area contributed by atoms with Crippen LogP contribution in [0.3, 0.4) is 0 Å². The fraction of sp³-hybridized carbons (Fsp3) is 0.211. The second kappa shape index (κ2) is 8.07. The molecule has 0 saturated heterocycles. The number of rotatable bonds is 7. The Morgan fingerprint density at radius 2 is 2.11 bits per heavy atom. The number of H-pyrrole nitrogens is 1. The fourth-order valence-corrected chi connectivity index (χ4v) is 4.10. The Balaban J connectivity index is 1.51. The molecule has 9 heteroatoms. The van der Waals surface area contributed by atoms with Gasteiger partial charge >= 0.3 is 0 Å². The van der Waals surface area contributed by atoms with Crippen molar-refractivity contribution in [1.29, 1.82) is 0 Å². The standard InChI is InChI=1S/C19H18N4O3S2/c1-12-5-6-13(14(10-12)25-2)26-7-9-28-19-21-18(15-4-3-8-27-15)20-16-11-17(24)22-23(16)19/h3-6,8,10-11H,7,9H2,1-2H3,(H,22,24). The van der Waals surface area contributed by atoms with Crippen molar-refractivity contribution in [3.63, 3.8) is 0 Å². The number of hydrogen-bond acceptors (Lipinski definition) is 7. The number of nitrogens with one attached hydrogen (secondary N) is 1. The normalized spacial score (nSPS) is 11.1. The molecule has 0 saturated carbocycles. The van der Waals surface area contributed by atoms with Crippen LogP contribution < -0.4 is 15.0 Å². The first-order chi connectivity index (χ1) is 13.6. The zero-order valence-electron chi connectivity index (χ0n) is 15.3. The van der Waals surface area contributed by atoms with Crippen LogP contribution in [0.1, 0.15) is 5.56 Å². The van der Waals surface area contributed by atoms with Crippen molar-refractivity contribution in [3.8, 4) is 22.2 Å². The van der Waals surface area contributed by atoms with Crippen LogP contribution in [0.15, 0.2) is 51.7 Å². The molecule has 0 unspecified atom stereocenters. The number of hydrogen-bond donors (Lipinski definition) is 1. The van der Waals surface area contributed by atoms with Gasteiger partial charge in [0, 0.05) is 11.8 Å². The molecule has 0 aliphatic rings. The van der Waals surface area contributed by atoms with Crippen molar-refractivity contribution in [2.24, 2.45) is 0 Å². The van der Waals surface area contributed by atoms with E-state index < -0.39 is 0 Å². The molecule has 0 spiro atoms. The number of aromatic nitrogens is 4. The third kappa shape index (κ3) is 3.90. The number of aryl methyl sites for hydroxylation is 1. The molecule has 3 heterocycles. The smallest absolute Gasteiger partial charge is 0.266 e. The average molecular weight is 415 g/mol. The second-order valence-electron chi connectivity index (χ2n) is 5.97. The molecule has 7 nitrogen and oxygen atoms in total. The number of benzene rings is 1. The molecule has 0 atom stereocenters. The molecule has 1 N–H and O–H groups in total. The molecular formula is C19H18N4O3S2. The van der Waals surface area contributed by atoms with Crippen LogP contribution in [0, 0.1) is 6.92 Å². The van der Waals surface area contributed by atoms with Crippen molar-refractivity contribution in [2.75, 3.05) is 19.5 Å². The van der Waals surface area contributed by atoms with Crippen LogP contribution in [0.4, 0.5) is 0 Å². The lowest BCUT2D eigenvalue weighted by Crippen LogP contribution is -2.07. The number of ether oxygens (including phenoxy) is 2. The van der Waals surface area contributed by atoms with E-state index in [1.165, 1.54) is 17.8 Å². The molecule has 0 aliphatic carbocycles. The number of thioether (sulfide) groups is 1. The Kier molecular flexibility index (Phi) is 5.36. The highest BCUT2D eigenvalue weighted by atomic mass is 32.2. The van der Waals surface area contributed by atoms with Crippen molar-refractivity contribution in [3.05, 3.63) is 57.7 Å². The maximum atomic E-state index is 11.8. The van der Waals surface area contributed by atoms with Crippen LogP contribution in [0.5, 0.6) is 11.5 Å². The lowest BCUT2D eigenvalue weighted by molar-refractivity contribution is 0.313. The SMILES string of the molecule is COc1cc(C)ccc1OCCSc1nc(-c2cccs2)nc2cc(=O)[nH]n12. The Morgan fingerprint density at radius 1 is 1.21 bits per heavy atom. The van der Waals surface area contributed by atoms with Gasteiger partial charge in [0.2, 0.25) is 0 Å². The molecule has 28 heavy (non-hydrogen) atoms. The molecule has 1 aromatic carbocycles. The van der Waals surface area contributed by atoms with Gasteiger partial charge in [-0.05, 0) is 36.1 Å². The third-order valence-electron chi connectivity index (χ3n) is 3.96. The lowest BCUT2D eigenvalue weighted by Gasteiger charge is -2.11. The summed E-state index contributed by atoms with van der Waals surface area (Å²) in [7, 11) is 1.63. The van der Waals surface area contributed by atoms with E-state index in [0.717, 1.165) is 10.4 Å². The lowest BCUT2D eigenvalue weighted by atomic mass is 10.2. The molecule has 0 radical (unpaired) electrons. The Labute approximate surface area is 169 Å². The van der Waals surface area contributed by atoms with Gasteiger partial charge in [0.25, 0.3) is 5.56 Å². The molecular weight excluding hydrogens is 396 g/mol. The zero-order chi connectivity index (χ0) is 19.5. The molecule has 0 fully saturated rings. The summed E-state index contributed by atoms with van der Waals surface area (Å²) in [6, 6.07) is 11.2. The van der Waals surface area contributed by atoms with Crippen molar-refractivity contribution in [2.45, 2.75) is 12.1 Å². The van der Waals surface area contributed by atoms with E-state index in [2.05, 4.69) is 15.1 Å². The maximum Gasteiger partial charge on any atom is 0.266 e. The first-order valence-electron chi connectivity index (χ1n) is 8.58. The van der Waals surface area contributed by atoms with Crippen LogP contribution in [-0.4, -0.2) is 39.1 Å². The summed E-state index contributed by atoms with van der Waals surface area (Å²) in [6.07, 6.45) is 0. The van der Waals surface area contributed by atoms with E-state index in [1.54, 1.807) is 23.0 Å². The molecule has 144 valence electrons. The molecule has 3 aromatic heterocycles. The Bertz CT molecular complexity index is 1150. The van der Waals surface area contributed by atoms with Gasteiger partial charge in [-0.25, -0.2) is 14.5 Å².